The number of nitrogen functional groups attached to an aromatic ring is 1. The summed E-state index contributed by atoms with van der Waals surface area (Å²) in [5.41, 5.74) is 7.67. The summed E-state index contributed by atoms with van der Waals surface area (Å²) in [6, 6.07) is 13.6. The molecular formula is C15H14BrNO2. The predicted octanol–water partition coefficient (Wildman–Crippen LogP) is 3.59. The normalized spacial score (nSPS) is 16.8. The van der Waals surface area contributed by atoms with E-state index in [1.54, 1.807) is 0 Å². The van der Waals surface area contributed by atoms with E-state index in [1.165, 1.54) is 5.56 Å². The van der Waals surface area contributed by atoms with E-state index < -0.39 is 0 Å². The molecule has 19 heavy (non-hydrogen) atoms. The highest BCUT2D eigenvalue weighted by Gasteiger charge is 2.24. The maximum Gasteiger partial charge on any atom is 0.135 e. The van der Waals surface area contributed by atoms with E-state index in [-0.39, 0.29) is 5.92 Å². The number of ether oxygens (including phenoxy) is 2. The van der Waals surface area contributed by atoms with Gasteiger partial charge in [0.15, 0.2) is 0 Å². The first-order chi connectivity index (χ1) is 9.24. The van der Waals surface area contributed by atoms with Gasteiger partial charge in [0.05, 0.1) is 23.6 Å². The topological polar surface area (TPSA) is 44.5 Å². The van der Waals surface area contributed by atoms with Crippen LogP contribution in [0.5, 0.6) is 11.5 Å². The van der Waals surface area contributed by atoms with Gasteiger partial charge in [-0.15, -0.1) is 0 Å². The zero-order valence-corrected chi connectivity index (χ0v) is 11.9. The Morgan fingerprint density at radius 2 is 2.11 bits per heavy atom. The van der Waals surface area contributed by atoms with E-state index in [2.05, 4.69) is 22.0 Å². The van der Waals surface area contributed by atoms with E-state index in [9.17, 15) is 0 Å². The van der Waals surface area contributed by atoms with Gasteiger partial charge in [-0.25, -0.2) is 0 Å². The van der Waals surface area contributed by atoms with E-state index in [0.29, 0.717) is 18.9 Å². The third kappa shape index (κ3) is 2.54. The van der Waals surface area contributed by atoms with Gasteiger partial charge in [0.2, 0.25) is 0 Å². The zero-order chi connectivity index (χ0) is 13.2. The molecule has 1 heterocycles. The highest BCUT2D eigenvalue weighted by atomic mass is 79.9. The van der Waals surface area contributed by atoms with Gasteiger partial charge in [-0.1, -0.05) is 18.2 Å². The van der Waals surface area contributed by atoms with Crippen LogP contribution in [0.2, 0.25) is 0 Å². The lowest BCUT2D eigenvalue weighted by atomic mass is 10.0. The molecule has 0 aromatic heterocycles. The minimum Gasteiger partial charge on any atom is -0.493 e. The molecule has 1 aliphatic rings. The van der Waals surface area contributed by atoms with Gasteiger partial charge in [0.25, 0.3) is 0 Å². The van der Waals surface area contributed by atoms with Crippen molar-refractivity contribution in [1.82, 2.24) is 0 Å². The van der Waals surface area contributed by atoms with Gasteiger partial charge in [0.1, 0.15) is 11.5 Å². The summed E-state index contributed by atoms with van der Waals surface area (Å²) in [6.45, 7) is 1.25. The van der Waals surface area contributed by atoms with E-state index >= 15 is 0 Å². The van der Waals surface area contributed by atoms with Gasteiger partial charge < -0.3 is 15.2 Å². The Hall–Kier alpha value is -1.68. The largest absolute Gasteiger partial charge is 0.493 e. The number of nitrogens with two attached hydrogens (primary N) is 1. The minimum absolute atomic E-state index is 0.268. The average Bonchev–Trinajstić information content (AvgIpc) is 2.83. The molecule has 1 aliphatic heterocycles. The maximum absolute atomic E-state index is 5.85. The Labute approximate surface area is 120 Å². The van der Waals surface area contributed by atoms with Crippen molar-refractivity contribution < 1.29 is 9.47 Å². The Bertz CT molecular complexity index is 600. The summed E-state index contributed by atoms with van der Waals surface area (Å²) in [4.78, 5) is 0. The lowest BCUT2D eigenvalue weighted by Crippen LogP contribution is -2.12. The van der Waals surface area contributed by atoms with E-state index in [4.69, 9.17) is 15.2 Å². The number of hydrogen-bond donors (Lipinski definition) is 1. The lowest BCUT2D eigenvalue weighted by Gasteiger charge is -2.13. The standard InChI is InChI=1S/C15H14BrNO2/c16-13-6-5-11(17)7-15(13)19-9-10-8-18-14-4-2-1-3-12(10)14/h1-7,10H,8-9,17H2. The van der Waals surface area contributed by atoms with Gasteiger partial charge >= 0.3 is 0 Å². The quantitative estimate of drug-likeness (QED) is 0.879. The first-order valence-corrected chi connectivity index (χ1v) is 6.93. The van der Waals surface area contributed by atoms with Crippen LogP contribution < -0.4 is 15.2 Å². The molecule has 0 radical (unpaired) electrons. The molecule has 3 nitrogen and oxygen atoms in total. The summed E-state index contributed by atoms with van der Waals surface area (Å²) >= 11 is 3.46. The van der Waals surface area contributed by atoms with Gasteiger partial charge in [-0.2, -0.15) is 0 Å². The van der Waals surface area contributed by atoms with Gasteiger partial charge in [0, 0.05) is 17.3 Å². The minimum atomic E-state index is 0.268. The third-order valence-electron chi connectivity index (χ3n) is 3.19. The van der Waals surface area contributed by atoms with Crippen LogP contribution in [-0.4, -0.2) is 13.2 Å². The maximum atomic E-state index is 5.85. The lowest BCUT2D eigenvalue weighted by molar-refractivity contribution is 0.247. The molecule has 0 spiro atoms. The molecule has 0 saturated heterocycles. The number of para-hydroxylation sites is 1. The van der Waals surface area contributed by atoms with Crippen LogP contribution in [0.4, 0.5) is 5.69 Å². The Kier molecular flexibility index (Phi) is 3.34. The second kappa shape index (κ2) is 5.13. The highest BCUT2D eigenvalue weighted by Crippen LogP contribution is 2.35. The molecular weight excluding hydrogens is 306 g/mol. The fourth-order valence-corrected chi connectivity index (χ4v) is 2.55. The van der Waals surface area contributed by atoms with Gasteiger partial charge in [-0.3, -0.25) is 0 Å². The molecule has 0 bridgehead atoms. The molecule has 0 fully saturated rings. The van der Waals surface area contributed by atoms with Gasteiger partial charge in [-0.05, 0) is 34.1 Å². The summed E-state index contributed by atoms with van der Waals surface area (Å²) in [5, 5.41) is 0. The van der Waals surface area contributed by atoms with Crippen LogP contribution in [0, 0.1) is 0 Å². The van der Waals surface area contributed by atoms with Crippen molar-refractivity contribution in [3.8, 4) is 11.5 Å². The number of hydrogen-bond acceptors (Lipinski definition) is 3. The second-order valence-electron chi connectivity index (χ2n) is 4.55. The summed E-state index contributed by atoms with van der Waals surface area (Å²) in [7, 11) is 0. The van der Waals surface area contributed by atoms with Crippen molar-refractivity contribution in [2.45, 2.75) is 5.92 Å². The van der Waals surface area contributed by atoms with Crippen LogP contribution in [-0.2, 0) is 0 Å². The van der Waals surface area contributed by atoms with Crippen molar-refractivity contribution in [3.63, 3.8) is 0 Å². The van der Waals surface area contributed by atoms with Crippen molar-refractivity contribution in [3.05, 3.63) is 52.5 Å². The Morgan fingerprint density at radius 3 is 3.00 bits per heavy atom. The highest BCUT2D eigenvalue weighted by molar-refractivity contribution is 9.10. The SMILES string of the molecule is Nc1ccc(Br)c(OCC2COc3ccccc32)c1. The van der Waals surface area contributed by atoms with Crippen molar-refractivity contribution in [2.24, 2.45) is 0 Å². The number of halogens is 1. The first-order valence-electron chi connectivity index (χ1n) is 6.13. The summed E-state index contributed by atoms with van der Waals surface area (Å²) < 4.78 is 12.4. The van der Waals surface area contributed by atoms with Crippen LogP contribution in [0.3, 0.4) is 0 Å². The molecule has 2 aromatic rings. The molecule has 1 atom stereocenters. The Morgan fingerprint density at radius 1 is 1.26 bits per heavy atom. The molecule has 0 amide bonds. The van der Waals surface area contributed by atoms with Crippen LogP contribution in [0.1, 0.15) is 11.5 Å². The molecule has 0 saturated carbocycles. The Balaban J connectivity index is 1.72. The molecule has 0 aliphatic carbocycles. The molecule has 2 N–H and O–H groups in total. The predicted molar refractivity (Wildman–Crippen MR) is 78.7 cm³/mol. The van der Waals surface area contributed by atoms with Crippen molar-refractivity contribution >= 4 is 21.6 Å². The van der Waals surface area contributed by atoms with E-state index in [1.807, 2.05) is 36.4 Å². The number of benzene rings is 2. The summed E-state index contributed by atoms with van der Waals surface area (Å²) in [5.74, 6) is 2.00. The second-order valence-corrected chi connectivity index (χ2v) is 5.40. The molecule has 98 valence electrons. The first kappa shape index (κ1) is 12.4. The molecule has 1 unspecified atom stereocenters. The third-order valence-corrected chi connectivity index (χ3v) is 3.85. The summed E-state index contributed by atoms with van der Waals surface area (Å²) in [6.07, 6.45) is 0. The fraction of sp³-hybridized carbons (Fsp3) is 0.200. The van der Waals surface area contributed by atoms with Crippen LogP contribution >= 0.6 is 15.9 Å². The monoisotopic (exact) mass is 319 g/mol. The molecule has 4 heteroatoms. The van der Waals surface area contributed by atoms with E-state index in [0.717, 1.165) is 16.0 Å². The number of rotatable bonds is 3. The smallest absolute Gasteiger partial charge is 0.135 e. The average molecular weight is 320 g/mol. The molecule has 2 aromatic carbocycles. The van der Waals surface area contributed by atoms with Crippen molar-refractivity contribution in [1.29, 1.82) is 0 Å². The zero-order valence-electron chi connectivity index (χ0n) is 10.3. The van der Waals surface area contributed by atoms with Crippen LogP contribution in [0.15, 0.2) is 46.9 Å². The number of anilines is 1. The molecule has 3 rings (SSSR count). The van der Waals surface area contributed by atoms with Crippen molar-refractivity contribution in [2.75, 3.05) is 18.9 Å². The fourth-order valence-electron chi connectivity index (χ4n) is 2.19. The number of fused-ring (bicyclic) bond motifs is 1. The van der Waals surface area contributed by atoms with Crippen LogP contribution in [0.25, 0.3) is 0 Å².